The summed E-state index contributed by atoms with van der Waals surface area (Å²) in [6, 6.07) is 0. The SMILES string of the molecule is COC1CC=C(C)C(C(C)(C)C)=N1. The summed E-state index contributed by atoms with van der Waals surface area (Å²) in [5.74, 6) is 0. The Kier molecular flexibility index (Phi) is 2.91. The van der Waals surface area contributed by atoms with E-state index in [4.69, 9.17) is 4.74 Å². The summed E-state index contributed by atoms with van der Waals surface area (Å²) in [5.41, 5.74) is 2.59. The molecule has 0 bridgehead atoms. The molecule has 0 aromatic rings. The van der Waals surface area contributed by atoms with Crippen LogP contribution in [0.5, 0.6) is 0 Å². The lowest BCUT2D eigenvalue weighted by atomic mass is 9.84. The summed E-state index contributed by atoms with van der Waals surface area (Å²) in [6.45, 7) is 8.67. The first kappa shape index (κ1) is 10.5. The van der Waals surface area contributed by atoms with Gasteiger partial charge in [0.15, 0.2) is 6.23 Å². The molecule has 13 heavy (non-hydrogen) atoms. The van der Waals surface area contributed by atoms with E-state index in [0.717, 1.165) is 6.42 Å². The molecular formula is C11H19NO. The van der Waals surface area contributed by atoms with Gasteiger partial charge in [0, 0.05) is 24.7 Å². The molecule has 0 amide bonds. The predicted molar refractivity (Wildman–Crippen MR) is 56.1 cm³/mol. The topological polar surface area (TPSA) is 21.6 Å². The Balaban J connectivity index is 2.91. The summed E-state index contributed by atoms with van der Waals surface area (Å²) in [4.78, 5) is 4.58. The number of dihydropyridines is 1. The number of allylic oxidation sites excluding steroid dienone is 1. The van der Waals surface area contributed by atoms with Crippen molar-refractivity contribution in [1.29, 1.82) is 0 Å². The van der Waals surface area contributed by atoms with E-state index < -0.39 is 0 Å². The van der Waals surface area contributed by atoms with E-state index in [0.29, 0.717) is 0 Å². The fourth-order valence-corrected chi connectivity index (χ4v) is 1.61. The molecule has 0 aromatic carbocycles. The molecule has 0 aromatic heterocycles. The van der Waals surface area contributed by atoms with Gasteiger partial charge in [-0.15, -0.1) is 0 Å². The minimum atomic E-state index is 0.0259. The number of nitrogens with zero attached hydrogens (tertiary/aromatic N) is 1. The first-order valence-corrected chi connectivity index (χ1v) is 4.73. The second kappa shape index (κ2) is 3.62. The van der Waals surface area contributed by atoms with Crippen LogP contribution in [0.1, 0.15) is 34.1 Å². The van der Waals surface area contributed by atoms with Crippen molar-refractivity contribution in [2.45, 2.75) is 40.3 Å². The van der Waals surface area contributed by atoms with E-state index in [1.165, 1.54) is 11.3 Å². The van der Waals surface area contributed by atoms with Crippen LogP contribution in [-0.2, 0) is 4.74 Å². The van der Waals surface area contributed by atoms with Gasteiger partial charge in [0.2, 0.25) is 0 Å². The molecule has 1 aliphatic rings. The smallest absolute Gasteiger partial charge is 0.151 e. The third-order valence-electron chi connectivity index (χ3n) is 2.25. The molecule has 0 spiro atoms. The van der Waals surface area contributed by atoms with E-state index in [-0.39, 0.29) is 11.6 Å². The van der Waals surface area contributed by atoms with Gasteiger partial charge in [0.05, 0.1) is 0 Å². The Bertz CT molecular complexity index is 245. The van der Waals surface area contributed by atoms with Gasteiger partial charge in [-0.05, 0) is 12.5 Å². The highest BCUT2D eigenvalue weighted by atomic mass is 16.5. The maximum atomic E-state index is 5.23. The number of methoxy groups -OCH3 is 1. The van der Waals surface area contributed by atoms with Gasteiger partial charge in [0.25, 0.3) is 0 Å². The molecule has 74 valence electrons. The number of rotatable bonds is 1. The Labute approximate surface area is 80.7 Å². The Morgan fingerprint density at radius 2 is 2.08 bits per heavy atom. The average molecular weight is 181 g/mol. The molecule has 0 saturated heterocycles. The lowest BCUT2D eigenvalue weighted by Gasteiger charge is -2.27. The molecule has 0 saturated carbocycles. The predicted octanol–water partition coefficient (Wildman–Crippen LogP) is 2.80. The van der Waals surface area contributed by atoms with Crippen LogP contribution < -0.4 is 0 Å². The summed E-state index contributed by atoms with van der Waals surface area (Å²) in [5, 5.41) is 0. The Morgan fingerprint density at radius 3 is 2.54 bits per heavy atom. The van der Waals surface area contributed by atoms with Crippen molar-refractivity contribution in [3.05, 3.63) is 11.6 Å². The number of ether oxygens (including phenoxy) is 1. The zero-order valence-electron chi connectivity index (χ0n) is 9.22. The van der Waals surface area contributed by atoms with Crippen LogP contribution in [0.4, 0.5) is 0 Å². The average Bonchev–Trinajstić information content (AvgIpc) is 2.03. The molecule has 1 heterocycles. The minimum Gasteiger partial charge on any atom is -0.359 e. The van der Waals surface area contributed by atoms with Crippen molar-refractivity contribution in [1.82, 2.24) is 0 Å². The van der Waals surface area contributed by atoms with Gasteiger partial charge in [-0.2, -0.15) is 0 Å². The molecule has 2 heteroatoms. The molecule has 0 aliphatic carbocycles. The summed E-state index contributed by atoms with van der Waals surface area (Å²) < 4.78 is 5.23. The maximum Gasteiger partial charge on any atom is 0.151 e. The standard InChI is InChI=1S/C11H19NO/c1-8-6-7-9(13-5)12-10(8)11(2,3)4/h6,9H,7H2,1-5H3. The molecule has 1 aliphatic heterocycles. The minimum absolute atomic E-state index is 0.0259. The van der Waals surface area contributed by atoms with Crippen molar-refractivity contribution in [2.75, 3.05) is 7.11 Å². The van der Waals surface area contributed by atoms with Gasteiger partial charge >= 0.3 is 0 Å². The number of aliphatic imine (C=N–C) groups is 1. The van der Waals surface area contributed by atoms with Crippen LogP contribution in [0.15, 0.2) is 16.6 Å². The first-order valence-electron chi connectivity index (χ1n) is 4.73. The van der Waals surface area contributed by atoms with Gasteiger partial charge in [-0.1, -0.05) is 26.8 Å². The monoisotopic (exact) mass is 181 g/mol. The van der Waals surface area contributed by atoms with Crippen molar-refractivity contribution in [2.24, 2.45) is 10.4 Å². The third kappa shape index (κ3) is 2.41. The van der Waals surface area contributed by atoms with Gasteiger partial charge in [-0.3, -0.25) is 4.99 Å². The van der Waals surface area contributed by atoms with Crippen LogP contribution in [0.2, 0.25) is 0 Å². The molecular weight excluding hydrogens is 162 g/mol. The fraction of sp³-hybridized carbons (Fsp3) is 0.727. The van der Waals surface area contributed by atoms with Crippen LogP contribution in [-0.4, -0.2) is 19.0 Å². The Morgan fingerprint density at radius 1 is 1.46 bits per heavy atom. The van der Waals surface area contributed by atoms with Crippen molar-refractivity contribution >= 4 is 5.71 Å². The van der Waals surface area contributed by atoms with Crippen molar-refractivity contribution in [3.63, 3.8) is 0 Å². The number of hydrogen-bond acceptors (Lipinski definition) is 2. The molecule has 1 atom stereocenters. The zero-order valence-corrected chi connectivity index (χ0v) is 9.22. The summed E-state index contributed by atoms with van der Waals surface area (Å²) >= 11 is 0. The maximum absolute atomic E-state index is 5.23. The lowest BCUT2D eigenvalue weighted by Crippen LogP contribution is -2.27. The van der Waals surface area contributed by atoms with E-state index in [2.05, 4.69) is 38.8 Å². The van der Waals surface area contributed by atoms with Crippen LogP contribution in [0, 0.1) is 5.41 Å². The molecule has 0 N–H and O–H groups in total. The van der Waals surface area contributed by atoms with E-state index >= 15 is 0 Å². The molecule has 1 unspecified atom stereocenters. The van der Waals surface area contributed by atoms with Crippen molar-refractivity contribution in [3.8, 4) is 0 Å². The van der Waals surface area contributed by atoms with Gasteiger partial charge in [0.1, 0.15) is 0 Å². The largest absolute Gasteiger partial charge is 0.359 e. The van der Waals surface area contributed by atoms with E-state index in [1.807, 2.05) is 0 Å². The number of hydrogen-bond donors (Lipinski definition) is 0. The second-order valence-electron chi connectivity index (χ2n) is 4.54. The summed E-state index contributed by atoms with van der Waals surface area (Å²) in [6.07, 6.45) is 3.14. The first-order chi connectivity index (χ1) is 5.95. The van der Waals surface area contributed by atoms with Gasteiger partial charge in [-0.25, -0.2) is 0 Å². The second-order valence-corrected chi connectivity index (χ2v) is 4.54. The van der Waals surface area contributed by atoms with E-state index in [9.17, 15) is 0 Å². The van der Waals surface area contributed by atoms with Crippen LogP contribution in [0.25, 0.3) is 0 Å². The summed E-state index contributed by atoms with van der Waals surface area (Å²) in [7, 11) is 1.71. The molecule has 0 radical (unpaired) electrons. The molecule has 1 rings (SSSR count). The lowest BCUT2D eigenvalue weighted by molar-refractivity contribution is 0.111. The van der Waals surface area contributed by atoms with Crippen molar-refractivity contribution < 1.29 is 4.74 Å². The molecule has 2 nitrogen and oxygen atoms in total. The highest BCUT2D eigenvalue weighted by Crippen LogP contribution is 2.26. The van der Waals surface area contributed by atoms with Crippen LogP contribution in [0.3, 0.4) is 0 Å². The zero-order chi connectivity index (χ0) is 10.1. The fourth-order valence-electron chi connectivity index (χ4n) is 1.61. The highest BCUT2D eigenvalue weighted by molar-refractivity contribution is 6.03. The normalized spacial score (nSPS) is 23.9. The quantitative estimate of drug-likeness (QED) is 0.609. The molecule has 0 fully saturated rings. The Hall–Kier alpha value is -0.630. The van der Waals surface area contributed by atoms with E-state index in [1.54, 1.807) is 7.11 Å². The highest BCUT2D eigenvalue weighted by Gasteiger charge is 2.24. The van der Waals surface area contributed by atoms with Gasteiger partial charge < -0.3 is 4.74 Å². The third-order valence-corrected chi connectivity index (χ3v) is 2.25. The van der Waals surface area contributed by atoms with Crippen LogP contribution >= 0.6 is 0 Å².